The summed E-state index contributed by atoms with van der Waals surface area (Å²) in [6.45, 7) is 4.06. The third-order valence-corrected chi connectivity index (χ3v) is 3.03. The molecular formula is C8H20S4. The minimum atomic E-state index is 0.410. The summed E-state index contributed by atoms with van der Waals surface area (Å²) in [6, 6.07) is 0. The molecule has 0 bridgehead atoms. The molecule has 0 aromatic heterocycles. The van der Waals surface area contributed by atoms with Crippen molar-refractivity contribution in [3.8, 4) is 0 Å². The molecule has 0 rings (SSSR count). The zero-order chi connectivity index (χ0) is 9.98. The maximum atomic E-state index is 4.12. The van der Waals surface area contributed by atoms with Crippen LogP contribution in [0.1, 0.15) is 26.7 Å². The zero-order valence-corrected chi connectivity index (χ0v) is 11.3. The molecule has 0 aromatic rings. The van der Waals surface area contributed by atoms with E-state index in [4.69, 9.17) is 0 Å². The molecule has 2 unspecified atom stereocenters. The number of rotatable bonds is 4. The van der Waals surface area contributed by atoms with E-state index < -0.39 is 0 Å². The van der Waals surface area contributed by atoms with E-state index in [1.54, 1.807) is 0 Å². The van der Waals surface area contributed by atoms with Gasteiger partial charge in [0.05, 0.1) is 0 Å². The molecule has 0 aromatic carbocycles. The molecular weight excluding hydrogens is 224 g/mol. The Kier molecular flexibility index (Phi) is 16.4. The first-order valence-electron chi connectivity index (χ1n) is 4.14. The van der Waals surface area contributed by atoms with E-state index in [0.717, 1.165) is 11.5 Å². The molecule has 0 radical (unpaired) electrons. The summed E-state index contributed by atoms with van der Waals surface area (Å²) in [5.74, 6) is 2.00. The molecule has 76 valence electrons. The Balaban J connectivity index is 0. The Labute approximate surface area is 98.9 Å². The van der Waals surface area contributed by atoms with Gasteiger partial charge in [-0.25, -0.2) is 0 Å². The van der Waals surface area contributed by atoms with Crippen LogP contribution < -0.4 is 0 Å². The number of hydrogen-bond donors (Lipinski definition) is 4. The van der Waals surface area contributed by atoms with Crippen LogP contribution in [0.3, 0.4) is 0 Å². The minimum absolute atomic E-state index is 0.410. The second-order valence-corrected chi connectivity index (χ2v) is 5.16. The predicted octanol–water partition coefficient (Wildman–Crippen LogP) is 3.25. The Hall–Kier alpha value is 1.40. The summed E-state index contributed by atoms with van der Waals surface area (Å²) in [5, 5.41) is 0.821. The van der Waals surface area contributed by atoms with E-state index in [1.807, 2.05) is 13.8 Å². The molecule has 12 heavy (non-hydrogen) atoms. The standard InChI is InChI=1S/2C4H10S2/c1-3(5)4(2)6;5-3-1-2-4-6/h3-6H,1-2H3;5-6H,1-4H2. The largest absolute Gasteiger partial charge is 0.179 e. The monoisotopic (exact) mass is 244 g/mol. The molecule has 0 aliphatic carbocycles. The molecule has 0 amide bonds. The van der Waals surface area contributed by atoms with Crippen molar-refractivity contribution in [2.75, 3.05) is 11.5 Å². The lowest BCUT2D eigenvalue weighted by Crippen LogP contribution is -2.04. The molecule has 0 aliphatic rings. The Morgan fingerprint density at radius 3 is 1.17 bits per heavy atom. The summed E-state index contributed by atoms with van der Waals surface area (Å²) < 4.78 is 0. The fourth-order valence-electron chi connectivity index (χ4n) is 0.224. The second-order valence-electron chi connectivity index (χ2n) is 2.64. The maximum Gasteiger partial charge on any atom is 0.0102 e. The van der Waals surface area contributed by atoms with E-state index in [1.165, 1.54) is 12.8 Å². The van der Waals surface area contributed by atoms with Crippen LogP contribution in [-0.2, 0) is 0 Å². The van der Waals surface area contributed by atoms with Crippen molar-refractivity contribution in [3.63, 3.8) is 0 Å². The summed E-state index contributed by atoms with van der Waals surface area (Å²) in [6.07, 6.45) is 2.40. The summed E-state index contributed by atoms with van der Waals surface area (Å²) in [4.78, 5) is 0. The van der Waals surface area contributed by atoms with Gasteiger partial charge in [0.2, 0.25) is 0 Å². The number of thiol groups is 4. The minimum Gasteiger partial charge on any atom is -0.179 e. The van der Waals surface area contributed by atoms with Crippen LogP contribution in [0.2, 0.25) is 0 Å². The molecule has 2 atom stereocenters. The van der Waals surface area contributed by atoms with E-state index in [9.17, 15) is 0 Å². The lowest BCUT2D eigenvalue weighted by Gasteiger charge is -2.03. The molecule has 0 N–H and O–H groups in total. The molecule has 0 aliphatic heterocycles. The first-order valence-corrected chi connectivity index (χ1v) is 6.43. The average molecular weight is 245 g/mol. The zero-order valence-electron chi connectivity index (χ0n) is 7.77. The van der Waals surface area contributed by atoms with Gasteiger partial charge in [0.1, 0.15) is 0 Å². The van der Waals surface area contributed by atoms with Crippen molar-refractivity contribution in [2.45, 2.75) is 37.2 Å². The first kappa shape index (κ1) is 15.9. The van der Waals surface area contributed by atoms with Gasteiger partial charge in [0, 0.05) is 10.5 Å². The van der Waals surface area contributed by atoms with E-state index in [2.05, 4.69) is 50.5 Å². The summed E-state index contributed by atoms with van der Waals surface area (Å²) in [5.41, 5.74) is 0. The number of unbranched alkanes of at least 4 members (excludes halogenated alkanes) is 1. The topological polar surface area (TPSA) is 0 Å². The van der Waals surface area contributed by atoms with Gasteiger partial charge in [-0.1, -0.05) is 13.8 Å². The van der Waals surface area contributed by atoms with Crippen molar-refractivity contribution >= 4 is 50.5 Å². The fourth-order valence-corrected chi connectivity index (χ4v) is 0.671. The van der Waals surface area contributed by atoms with Gasteiger partial charge < -0.3 is 0 Å². The maximum absolute atomic E-state index is 4.12. The average Bonchev–Trinajstić information content (AvgIpc) is 2.02. The Morgan fingerprint density at radius 1 is 0.833 bits per heavy atom. The lowest BCUT2D eigenvalue weighted by atomic mass is 10.4. The van der Waals surface area contributed by atoms with Crippen LogP contribution in [0.25, 0.3) is 0 Å². The van der Waals surface area contributed by atoms with Gasteiger partial charge in [-0.3, -0.25) is 0 Å². The normalized spacial score (nSPS) is 14.5. The molecule has 4 heteroatoms. The summed E-state index contributed by atoms with van der Waals surface area (Å²) >= 11 is 16.3. The highest BCUT2D eigenvalue weighted by Gasteiger charge is 1.97. The van der Waals surface area contributed by atoms with Crippen molar-refractivity contribution < 1.29 is 0 Å². The van der Waals surface area contributed by atoms with Crippen LogP contribution in [0, 0.1) is 0 Å². The second kappa shape index (κ2) is 12.4. The number of hydrogen-bond acceptors (Lipinski definition) is 4. The third kappa shape index (κ3) is 17.5. The van der Waals surface area contributed by atoms with Gasteiger partial charge in [0.25, 0.3) is 0 Å². The van der Waals surface area contributed by atoms with Crippen molar-refractivity contribution in [1.82, 2.24) is 0 Å². The van der Waals surface area contributed by atoms with E-state index in [-0.39, 0.29) is 0 Å². The predicted molar refractivity (Wildman–Crippen MR) is 73.8 cm³/mol. The Bertz CT molecular complexity index is 63.5. The van der Waals surface area contributed by atoms with Gasteiger partial charge in [0.15, 0.2) is 0 Å². The Morgan fingerprint density at radius 2 is 1.08 bits per heavy atom. The molecule has 0 nitrogen and oxygen atoms in total. The van der Waals surface area contributed by atoms with Gasteiger partial charge in [-0.2, -0.15) is 50.5 Å². The van der Waals surface area contributed by atoms with Crippen LogP contribution in [0.5, 0.6) is 0 Å². The molecule has 0 spiro atoms. The lowest BCUT2D eigenvalue weighted by molar-refractivity contribution is 0.912. The van der Waals surface area contributed by atoms with Crippen molar-refractivity contribution in [2.24, 2.45) is 0 Å². The van der Waals surface area contributed by atoms with Crippen LogP contribution in [-0.4, -0.2) is 22.0 Å². The van der Waals surface area contributed by atoms with Gasteiger partial charge >= 0.3 is 0 Å². The SMILES string of the molecule is CC(S)C(C)S.SCCCCS. The molecule has 0 heterocycles. The summed E-state index contributed by atoms with van der Waals surface area (Å²) in [7, 11) is 0. The quantitative estimate of drug-likeness (QED) is 0.423. The van der Waals surface area contributed by atoms with Crippen LogP contribution >= 0.6 is 50.5 Å². The highest BCUT2D eigenvalue weighted by Crippen LogP contribution is 2.04. The van der Waals surface area contributed by atoms with E-state index >= 15 is 0 Å². The van der Waals surface area contributed by atoms with Gasteiger partial charge in [-0.15, -0.1) is 0 Å². The van der Waals surface area contributed by atoms with E-state index in [0.29, 0.717) is 10.5 Å². The fraction of sp³-hybridized carbons (Fsp3) is 1.00. The van der Waals surface area contributed by atoms with Crippen LogP contribution in [0.4, 0.5) is 0 Å². The van der Waals surface area contributed by atoms with Crippen molar-refractivity contribution in [3.05, 3.63) is 0 Å². The molecule has 0 saturated heterocycles. The first-order chi connectivity index (χ1) is 5.56. The third-order valence-electron chi connectivity index (χ3n) is 1.26. The highest BCUT2D eigenvalue weighted by molar-refractivity contribution is 7.85. The molecule has 0 fully saturated rings. The highest BCUT2D eigenvalue weighted by atomic mass is 32.1. The van der Waals surface area contributed by atoms with Crippen molar-refractivity contribution in [1.29, 1.82) is 0 Å². The molecule has 0 saturated carbocycles. The van der Waals surface area contributed by atoms with Crippen LogP contribution in [0.15, 0.2) is 0 Å². The smallest absolute Gasteiger partial charge is 0.0102 e. The van der Waals surface area contributed by atoms with Gasteiger partial charge in [-0.05, 0) is 24.3 Å².